The predicted octanol–water partition coefficient (Wildman–Crippen LogP) is 4.78. The second-order valence-electron chi connectivity index (χ2n) is 6.90. The second kappa shape index (κ2) is 7.96. The first-order valence-electron chi connectivity index (χ1n) is 9.71. The van der Waals surface area contributed by atoms with Gasteiger partial charge in [0.05, 0.1) is 16.8 Å². The summed E-state index contributed by atoms with van der Waals surface area (Å²) in [5, 5.41) is 12.9. The Balaban J connectivity index is 1.54. The molecule has 0 atom stereocenters. The molecule has 5 aromatic rings. The van der Waals surface area contributed by atoms with Crippen molar-refractivity contribution < 1.29 is 0 Å². The Morgan fingerprint density at radius 3 is 2.43 bits per heavy atom. The third-order valence-electron chi connectivity index (χ3n) is 4.90. The monoisotopic (exact) mass is 412 g/mol. The third kappa shape index (κ3) is 3.51. The lowest BCUT2D eigenvalue weighted by molar-refractivity contribution is 0.898. The van der Waals surface area contributed by atoms with Crippen molar-refractivity contribution in [1.82, 2.24) is 19.7 Å². The average Bonchev–Trinajstić information content (AvgIpc) is 3.43. The highest BCUT2D eigenvalue weighted by molar-refractivity contribution is 7.08. The molecule has 0 amide bonds. The normalized spacial score (nSPS) is 11.1. The molecule has 0 aliphatic carbocycles. The van der Waals surface area contributed by atoms with Gasteiger partial charge in [0.2, 0.25) is 5.95 Å². The number of hydrogen-bond acceptors (Lipinski definition) is 6. The maximum absolute atomic E-state index is 6.51. The molecule has 0 fully saturated rings. The number of nitrogens with one attached hydrogen (secondary N) is 1. The first-order valence-corrected chi connectivity index (χ1v) is 10.7. The summed E-state index contributed by atoms with van der Waals surface area (Å²) in [7, 11) is 0. The molecule has 5 rings (SSSR count). The standard InChI is InChI=1S/C23H20N6S/c24-21-19-20(17-12-14-30-15-17)26-23(25-13-11-16-7-3-1-4-8-16)27-22(19)28-29(21)18-9-5-2-6-10-18/h1-10,12,14-15H,11,13,24H2,(H,25,27,28). The van der Waals surface area contributed by atoms with Gasteiger partial charge < -0.3 is 11.1 Å². The van der Waals surface area contributed by atoms with E-state index in [0.717, 1.165) is 35.3 Å². The predicted molar refractivity (Wildman–Crippen MR) is 123 cm³/mol. The van der Waals surface area contributed by atoms with E-state index in [1.54, 1.807) is 16.0 Å². The fourth-order valence-electron chi connectivity index (χ4n) is 3.43. The van der Waals surface area contributed by atoms with Gasteiger partial charge >= 0.3 is 0 Å². The number of aromatic nitrogens is 4. The Morgan fingerprint density at radius 2 is 1.70 bits per heavy atom. The molecule has 0 spiro atoms. The van der Waals surface area contributed by atoms with Gasteiger partial charge in [-0.05, 0) is 35.6 Å². The zero-order chi connectivity index (χ0) is 20.3. The topological polar surface area (TPSA) is 81.7 Å². The minimum Gasteiger partial charge on any atom is -0.383 e. The first-order chi connectivity index (χ1) is 14.8. The number of para-hydroxylation sites is 1. The van der Waals surface area contributed by atoms with Crippen molar-refractivity contribution in [3.05, 3.63) is 83.1 Å². The van der Waals surface area contributed by atoms with Crippen LogP contribution >= 0.6 is 11.3 Å². The van der Waals surface area contributed by atoms with Crippen LogP contribution in [0.15, 0.2) is 77.5 Å². The van der Waals surface area contributed by atoms with Crippen LogP contribution in [0.1, 0.15) is 5.56 Å². The number of rotatable bonds is 6. The lowest BCUT2D eigenvalue weighted by atomic mass is 10.1. The van der Waals surface area contributed by atoms with Crippen molar-refractivity contribution in [3.8, 4) is 16.9 Å². The smallest absolute Gasteiger partial charge is 0.225 e. The Labute approximate surface area is 178 Å². The SMILES string of the molecule is Nc1c2c(-c3ccsc3)nc(NCCc3ccccc3)nc2nn1-c1ccccc1. The molecular weight excluding hydrogens is 392 g/mol. The molecular formula is C23H20N6S. The number of nitrogen functional groups attached to an aromatic ring is 1. The number of thiophene rings is 1. The van der Waals surface area contributed by atoms with E-state index in [0.29, 0.717) is 17.4 Å². The number of nitrogens with two attached hydrogens (primary N) is 1. The molecule has 0 aliphatic rings. The quantitative estimate of drug-likeness (QED) is 0.419. The van der Waals surface area contributed by atoms with Gasteiger partial charge in [-0.15, -0.1) is 5.10 Å². The molecule has 0 saturated carbocycles. The van der Waals surface area contributed by atoms with Gasteiger partial charge in [0.25, 0.3) is 0 Å². The largest absolute Gasteiger partial charge is 0.383 e. The fraction of sp³-hybridized carbons (Fsp3) is 0.0870. The molecule has 0 saturated heterocycles. The second-order valence-corrected chi connectivity index (χ2v) is 7.68. The molecule has 3 N–H and O–H groups in total. The van der Waals surface area contributed by atoms with Gasteiger partial charge in [-0.3, -0.25) is 0 Å². The van der Waals surface area contributed by atoms with Crippen LogP contribution in [0.25, 0.3) is 28.0 Å². The summed E-state index contributed by atoms with van der Waals surface area (Å²) in [5.74, 6) is 1.09. The number of nitrogens with zero attached hydrogens (tertiary/aromatic N) is 4. The molecule has 2 aromatic carbocycles. The van der Waals surface area contributed by atoms with Gasteiger partial charge in [0.15, 0.2) is 5.65 Å². The van der Waals surface area contributed by atoms with E-state index in [2.05, 4.69) is 32.9 Å². The molecule has 3 aromatic heterocycles. The van der Waals surface area contributed by atoms with Crippen molar-refractivity contribution in [2.45, 2.75) is 6.42 Å². The summed E-state index contributed by atoms with van der Waals surface area (Å²) in [4.78, 5) is 9.45. The minimum atomic E-state index is 0.535. The van der Waals surface area contributed by atoms with E-state index >= 15 is 0 Å². The van der Waals surface area contributed by atoms with Crippen molar-refractivity contribution in [2.75, 3.05) is 17.6 Å². The summed E-state index contributed by atoms with van der Waals surface area (Å²) in [6.07, 6.45) is 0.886. The summed E-state index contributed by atoms with van der Waals surface area (Å²) >= 11 is 1.62. The number of benzene rings is 2. The van der Waals surface area contributed by atoms with Gasteiger partial charge in [0.1, 0.15) is 5.82 Å². The highest BCUT2D eigenvalue weighted by atomic mass is 32.1. The Kier molecular flexibility index (Phi) is 4.86. The number of anilines is 2. The molecule has 0 aliphatic heterocycles. The lowest BCUT2D eigenvalue weighted by Crippen LogP contribution is -2.08. The number of hydrogen-bond donors (Lipinski definition) is 2. The van der Waals surface area contributed by atoms with Crippen LogP contribution in [0.4, 0.5) is 11.8 Å². The van der Waals surface area contributed by atoms with E-state index < -0.39 is 0 Å². The van der Waals surface area contributed by atoms with Gasteiger partial charge in [-0.2, -0.15) is 16.3 Å². The van der Waals surface area contributed by atoms with Crippen LogP contribution in [0.3, 0.4) is 0 Å². The van der Waals surface area contributed by atoms with E-state index in [1.165, 1.54) is 5.56 Å². The highest BCUT2D eigenvalue weighted by Gasteiger charge is 2.19. The summed E-state index contributed by atoms with van der Waals surface area (Å²) in [5.41, 5.74) is 11.0. The lowest BCUT2D eigenvalue weighted by Gasteiger charge is -2.08. The zero-order valence-corrected chi connectivity index (χ0v) is 17.0. The molecule has 3 heterocycles. The minimum absolute atomic E-state index is 0.535. The fourth-order valence-corrected chi connectivity index (χ4v) is 4.07. The zero-order valence-electron chi connectivity index (χ0n) is 16.2. The van der Waals surface area contributed by atoms with E-state index in [1.807, 2.05) is 60.0 Å². The first kappa shape index (κ1) is 18.3. The Bertz CT molecular complexity index is 1260. The molecule has 0 bridgehead atoms. The van der Waals surface area contributed by atoms with Crippen LogP contribution in [-0.4, -0.2) is 26.3 Å². The summed E-state index contributed by atoms with van der Waals surface area (Å²) in [6.45, 7) is 0.730. The van der Waals surface area contributed by atoms with Crippen LogP contribution in [0, 0.1) is 0 Å². The Morgan fingerprint density at radius 1 is 0.933 bits per heavy atom. The van der Waals surface area contributed by atoms with Crippen LogP contribution in [0.5, 0.6) is 0 Å². The van der Waals surface area contributed by atoms with Crippen molar-refractivity contribution in [2.24, 2.45) is 0 Å². The molecule has 6 nitrogen and oxygen atoms in total. The summed E-state index contributed by atoms with van der Waals surface area (Å²) in [6, 6.07) is 22.2. The van der Waals surface area contributed by atoms with Gasteiger partial charge in [-0.1, -0.05) is 48.5 Å². The maximum Gasteiger partial charge on any atom is 0.225 e. The molecule has 30 heavy (non-hydrogen) atoms. The molecule has 148 valence electrons. The van der Waals surface area contributed by atoms with Crippen LogP contribution in [0.2, 0.25) is 0 Å². The van der Waals surface area contributed by atoms with E-state index in [9.17, 15) is 0 Å². The average molecular weight is 413 g/mol. The van der Waals surface area contributed by atoms with Crippen LogP contribution < -0.4 is 11.1 Å². The van der Waals surface area contributed by atoms with Crippen molar-refractivity contribution >= 4 is 34.1 Å². The third-order valence-corrected chi connectivity index (χ3v) is 5.59. The van der Waals surface area contributed by atoms with Crippen LogP contribution in [-0.2, 0) is 6.42 Å². The molecule has 0 unspecified atom stereocenters. The Hall–Kier alpha value is -3.71. The number of fused-ring (bicyclic) bond motifs is 1. The molecule has 7 heteroatoms. The maximum atomic E-state index is 6.51. The van der Waals surface area contributed by atoms with E-state index in [-0.39, 0.29) is 0 Å². The van der Waals surface area contributed by atoms with Crippen molar-refractivity contribution in [1.29, 1.82) is 0 Å². The van der Waals surface area contributed by atoms with Crippen molar-refractivity contribution in [3.63, 3.8) is 0 Å². The summed E-state index contributed by atoms with van der Waals surface area (Å²) < 4.78 is 1.73. The van der Waals surface area contributed by atoms with Gasteiger partial charge in [0, 0.05) is 17.5 Å². The molecule has 0 radical (unpaired) electrons. The highest BCUT2D eigenvalue weighted by Crippen LogP contribution is 2.33. The van der Waals surface area contributed by atoms with E-state index in [4.69, 9.17) is 10.7 Å². The van der Waals surface area contributed by atoms with Gasteiger partial charge in [-0.25, -0.2) is 9.67 Å².